The van der Waals surface area contributed by atoms with E-state index in [0.29, 0.717) is 17.2 Å². The smallest absolute Gasteiger partial charge is 0.231 e. The van der Waals surface area contributed by atoms with E-state index in [9.17, 15) is 4.79 Å². The highest BCUT2D eigenvalue weighted by Crippen LogP contribution is 2.66. The first-order valence-electron chi connectivity index (χ1n) is 8.71. The second-order valence-corrected chi connectivity index (χ2v) is 10.1. The van der Waals surface area contributed by atoms with Crippen LogP contribution in [-0.2, 0) is 4.79 Å². The van der Waals surface area contributed by atoms with Crippen LogP contribution in [0.3, 0.4) is 0 Å². The molecular formula is C19H22BrCl2NO. The van der Waals surface area contributed by atoms with Crippen molar-refractivity contribution >= 4 is 45.0 Å². The van der Waals surface area contributed by atoms with Gasteiger partial charge in [0.2, 0.25) is 5.91 Å². The number of carbonyl (C=O) groups excluding carboxylic acids is 1. The zero-order valence-corrected chi connectivity index (χ0v) is 16.6. The van der Waals surface area contributed by atoms with Crippen LogP contribution in [0.2, 0.25) is 0 Å². The molecule has 4 saturated carbocycles. The van der Waals surface area contributed by atoms with Crippen LogP contribution < -0.4 is 5.32 Å². The Morgan fingerprint density at radius 2 is 2.00 bits per heavy atom. The highest BCUT2D eigenvalue weighted by molar-refractivity contribution is 9.09. The van der Waals surface area contributed by atoms with E-state index in [-0.39, 0.29) is 27.6 Å². The van der Waals surface area contributed by atoms with Crippen molar-refractivity contribution in [3.8, 4) is 0 Å². The van der Waals surface area contributed by atoms with E-state index in [2.05, 4.69) is 33.4 Å². The lowest BCUT2D eigenvalue weighted by Gasteiger charge is -2.63. The largest absolute Gasteiger partial charge is 0.348 e. The molecule has 1 aromatic rings. The van der Waals surface area contributed by atoms with Gasteiger partial charge in [-0.15, -0.1) is 23.2 Å². The van der Waals surface area contributed by atoms with Gasteiger partial charge in [0.1, 0.15) is 0 Å². The normalized spacial score (nSPS) is 41.2. The second-order valence-electron chi connectivity index (χ2n) is 7.95. The number of hydrogen-bond donors (Lipinski definition) is 1. The van der Waals surface area contributed by atoms with E-state index in [1.54, 1.807) is 0 Å². The number of hydrogen-bond acceptors (Lipinski definition) is 1. The molecule has 5 heteroatoms. The van der Waals surface area contributed by atoms with Crippen LogP contribution in [-0.4, -0.2) is 21.0 Å². The van der Waals surface area contributed by atoms with E-state index in [1.165, 1.54) is 6.42 Å². The molecule has 4 fully saturated rings. The Labute approximate surface area is 161 Å². The van der Waals surface area contributed by atoms with Crippen molar-refractivity contribution in [1.82, 2.24) is 5.32 Å². The molecule has 24 heavy (non-hydrogen) atoms. The number of nitrogens with one attached hydrogen (secondary N) is 1. The average molecular weight is 431 g/mol. The predicted molar refractivity (Wildman–Crippen MR) is 102 cm³/mol. The summed E-state index contributed by atoms with van der Waals surface area (Å²) in [5, 5.41) is 3.55. The van der Waals surface area contributed by atoms with Crippen molar-refractivity contribution in [1.29, 1.82) is 0 Å². The molecule has 0 aliphatic heterocycles. The molecule has 6 atom stereocenters. The first-order chi connectivity index (χ1) is 11.4. The lowest BCUT2D eigenvalue weighted by atomic mass is 9.49. The van der Waals surface area contributed by atoms with E-state index in [4.69, 9.17) is 23.2 Å². The fraction of sp³-hybridized carbons (Fsp3) is 0.632. The molecule has 4 aliphatic rings. The molecule has 1 N–H and O–H groups in total. The minimum atomic E-state index is -0.300. The van der Waals surface area contributed by atoms with Gasteiger partial charge in [-0.25, -0.2) is 0 Å². The number of halogens is 3. The molecule has 1 aromatic carbocycles. The fourth-order valence-corrected chi connectivity index (χ4v) is 7.48. The summed E-state index contributed by atoms with van der Waals surface area (Å²) in [6.07, 6.45) is 5.21. The summed E-state index contributed by atoms with van der Waals surface area (Å²) in [5.74, 6) is 1.39. The Hall–Kier alpha value is -0.250. The summed E-state index contributed by atoms with van der Waals surface area (Å²) in [7, 11) is 0. The van der Waals surface area contributed by atoms with Gasteiger partial charge in [-0.1, -0.05) is 46.3 Å². The van der Waals surface area contributed by atoms with Crippen LogP contribution in [0.4, 0.5) is 0 Å². The Morgan fingerprint density at radius 1 is 1.25 bits per heavy atom. The van der Waals surface area contributed by atoms with Crippen molar-refractivity contribution in [2.75, 3.05) is 5.33 Å². The molecule has 0 spiro atoms. The summed E-state index contributed by atoms with van der Waals surface area (Å²) in [5.41, 5.74) is 1.15. The molecule has 2 nitrogen and oxygen atoms in total. The van der Waals surface area contributed by atoms with Crippen LogP contribution in [0.5, 0.6) is 0 Å². The third kappa shape index (κ3) is 2.91. The van der Waals surface area contributed by atoms with E-state index in [0.717, 1.165) is 31.2 Å². The highest BCUT2D eigenvalue weighted by atomic mass is 79.9. The molecule has 4 bridgehead atoms. The summed E-state index contributed by atoms with van der Waals surface area (Å²) in [6.45, 7) is 0. The third-order valence-electron chi connectivity index (χ3n) is 6.22. The van der Waals surface area contributed by atoms with Crippen molar-refractivity contribution in [2.45, 2.75) is 47.9 Å². The minimum Gasteiger partial charge on any atom is -0.348 e. The van der Waals surface area contributed by atoms with E-state index in [1.807, 2.05) is 18.2 Å². The minimum absolute atomic E-state index is 0.0125. The molecule has 1 unspecified atom stereocenters. The molecule has 1 amide bonds. The van der Waals surface area contributed by atoms with Gasteiger partial charge in [-0.05, 0) is 49.5 Å². The topological polar surface area (TPSA) is 29.1 Å². The molecule has 0 saturated heterocycles. The Balaban J connectivity index is 1.71. The van der Waals surface area contributed by atoms with Gasteiger partial charge >= 0.3 is 0 Å². The zero-order chi connectivity index (χ0) is 16.9. The zero-order valence-electron chi connectivity index (χ0n) is 13.5. The van der Waals surface area contributed by atoms with Gasteiger partial charge in [0.15, 0.2) is 0 Å². The quantitative estimate of drug-likeness (QED) is 0.666. The van der Waals surface area contributed by atoms with Crippen LogP contribution in [0, 0.1) is 17.8 Å². The van der Waals surface area contributed by atoms with Crippen molar-refractivity contribution in [3.63, 3.8) is 0 Å². The van der Waals surface area contributed by atoms with Gasteiger partial charge in [0, 0.05) is 10.8 Å². The SMILES string of the molecule is O=C(CBr)N[C@@H](c1ccccc1)[C@H]1C2C[C@H]3C[C@](Cl)(C2)C[C@@]1(Cl)C3. The number of amides is 1. The van der Waals surface area contributed by atoms with Gasteiger partial charge in [0.25, 0.3) is 0 Å². The standard InChI is InChI=1S/C19H22BrCl2NO/c20-10-15(24)23-17(13-4-2-1-3-5-13)16-14-6-12-7-18(21,9-14)11-19(16,22)8-12/h1-5,12,14,16-17H,6-11H2,(H,23,24)/t12-,14?,16+,17-,18-,19-/m0/s1. The molecule has 5 rings (SSSR count). The van der Waals surface area contributed by atoms with Crippen molar-refractivity contribution in [2.24, 2.45) is 17.8 Å². The van der Waals surface area contributed by atoms with E-state index >= 15 is 0 Å². The lowest BCUT2D eigenvalue weighted by Crippen LogP contribution is -2.62. The monoisotopic (exact) mass is 429 g/mol. The molecule has 0 aromatic heterocycles. The van der Waals surface area contributed by atoms with Gasteiger partial charge in [0.05, 0.1) is 16.2 Å². The van der Waals surface area contributed by atoms with Crippen LogP contribution >= 0.6 is 39.1 Å². The van der Waals surface area contributed by atoms with Crippen molar-refractivity contribution < 1.29 is 4.79 Å². The fourth-order valence-electron chi connectivity index (χ4n) is 5.82. The number of carbonyl (C=O) groups is 1. The second kappa shape index (κ2) is 6.17. The predicted octanol–water partition coefficient (Wildman–Crippen LogP) is 5.03. The molecule has 0 radical (unpaired) electrons. The average Bonchev–Trinajstić information content (AvgIpc) is 2.51. The maximum atomic E-state index is 12.2. The van der Waals surface area contributed by atoms with Gasteiger partial charge in [-0.2, -0.15) is 0 Å². The Kier molecular flexibility index (Phi) is 4.42. The van der Waals surface area contributed by atoms with E-state index < -0.39 is 0 Å². The first kappa shape index (κ1) is 17.2. The third-order valence-corrected chi connectivity index (χ3v) is 7.71. The molecule has 4 aliphatic carbocycles. The van der Waals surface area contributed by atoms with Gasteiger partial charge < -0.3 is 5.32 Å². The molecule has 130 valence electrons. The number of benzene rings is 1. The summed E-state index contributed by atoms with van der Waals surface area (Å²) < 4.78 is 0. The number of rotatable bonds is 4. The van der Waals surface area contributed by atoms with Crippen LogP contribution in [0.1, 0.15) is 43.7 Å². The van der Waals surface area contributed by atoms with Gasteiger partial charge in [-0.3, -0.25) is 4.79 Å². The summed E-state index contributed by atoms with van der Waals surface area (Å²) in [6, 6.07) is 10.2. The van der Waals surface area contributed by atoms with Crippen LogP contribution in [0.25, 0.3) is 0 Å². The highest BCUT2D eigenvalue weighted by Gasteiger charge is 2.63. The summed E-state index contributed by atoms with van der Waals surface area (Å²) >= 11 is 17.4. The van der Waals surface area contributed by atoms with Crippen molar-refractivity contribution in [3.05, 3.63) is 35.9 Å². The Morgan fingerprint density at radius 3 is 2.62 bits per heavy atom. The van der Waals surface area contributed by atoms with Crippen LogP contribution in [0.15, 0.2) is 30.3 Å². The molecular weight excluding hydrogens is 409 g/mol. The summed E-state index contributed by atoms with van der Waals surface area (Å²) in [4.78, 5) is 11.8. The Bertz CT molecular complexity index is 642. The number of alkyl halides is 3. The lowest BCUT2D eigenvalue weighted by molar-refractivity contribution is -0.120. The maximum absolute atomic E-state index is 12.2. The maximum Gasteiger partial charge on any atom is 0.231 e. The molecule has 0 heterocycles. The first-order valence-corrected chi connectivity index (χ1v) is 10.6.